The molecule has 4 rings (SSSR count). The van der Waals surface area contributed by atoms with Crippen LogP contribution < -0.4 is 5.32 Å². The molecule has 20 heavy (non-hydrogen) atoms. The lowest BCUT2D eigenvalue weighted by Crippen LogP contribution is -1.95. The summed E-state index contributed by atoms with van der Waals surface area (Å²) in [5.74, 6) is 0. The maximum Gasteiger partial charge on any atom is 0.0840 e. The minimum atomic E-state index is 0.977. The van der Waals surface area contributed by atoms with Crippen LogP contribution >= 0.6 is 0 Å². The fourth-order valence-electron chi connectivity index (χ4n) is 2.75. The molecule has 0 aliphatic carbocycles. The first-order chi connectivity index (χ1) is 9.88. The molecule has 2 aromatic heterocycles. The highest BCUT2D eigenvalue weighted by Gasteiger charge is 2.10. The highest BCUT2D eigenvalue weighted by molar-refractivity contribution is 6.14. The molecular formula is C17H13N3. The largest absolute Gasteiger partial charge is 0.387 e. The molecule has 3 heteroatoms. The van der Waals surface area contributed by atoms with E-state index in [1.165, 1.54) is 0 Å². The van der Waals surface area contributed by atoms with Gasteiger partial charge in [-0.25, -0.2) is 4.98 Å². The number of benzene rings is 2. The van der Waals surface area contributed by atoms with Crippen molar-refractivity contribution >= 4 is 38.4 Å². The molecule has 0 radical (unpaired) electrons. The van der Waals surface area contributed by atoms with Gasteiger partial charge in [0.2, 0.25) is 0 Å². The third-order valence-corrected chi connectivity index (χ3v) is 3.67. The van der Waals surface area contributed by atoms with Crippen LogP contribution in [0.25, 0.3) is 32.7 Å². The molecule has 4 aromatic rings. The monoisotopic (exact) mass is 259 g/mol. The van der Waals surface area contributed by atoms with E-state index in [4.69, 9.17) is 4.98 Å². The fourth-order valence-corrected chi connectivity index (χ4v) is 2.75. The Kier molecular flexibility index (Phi) is 2.33. The minimum Gasteiger partial charge on any atom is -0.387 e. The van der Waals surface area contributed by atoms with Gasteiger partial charge in [0.05, 0.1) is 22.2 Å². The summed E-state index contributed by atoms with van der Waals surface area (Å²) in [5.41, 5.74) is 4.06. The van der Waals surface area contributed by atoms with Gasteiger partial charge in [0.1, 0.15) is 0 Å². The van der Waals surface area contributed by atoms with E-state index in [0.717, 1.165) is 38.4 Å². The Morgan fingerprint density at radius 1 is 0.800 bits per heavy atom. The van der Waals surface area contributed by atoms with Gasteiger partial charge < -0.3 is 5.32 Å². The normalized spacial score (nSPS) is 11.2. The van der Waals surface area contributed by atoms with Crippen LogP contribution in [0.4, 0.5) is 5.69 Å². The second-order valence-electron chi connectivity index (χ2n) is 4.79. The van der Waals surface area contributed by atoms with Gasteiger partial charge in [0.15, 0.2) is 0 Å². The molecule has 0 fully saturated rings. The van der Waals surface area contributed by atoms with Crippen LogP contribution in [-0.4, -0.2) is 17.0 Å². The fraction of sp³-hybridized carbons (Fsp3) is 0.0588. The van der Waals surface area contributed by atoms with Crippen LogP contribution in [-0.2, 0) is 0 Å². The first-order valence-electron chi connectivity index (χ1n) is 6.62. The summed E-state index contributed by atoms with van der Waals surface area (Å²) >= 11 is 0. The second kappa shape index (κ2) is 4.17. The maximum atomic E-state index is 4.83. The first-order valence-corrected chi connectivity index (χ1v) is 6.62. The average Bonchev–Trinajstić information content (AvgIpc) is 2.52. The van der Waals surface area contributed by atoms with Crippen LogP contribution in [0.15, 0.2) is 54.7 Å². The average molecular weight is 259 g/mol. The van der Waals surface area contributed by atoms with Crippen LogP contribution in [0.3, 0.4) is 0 Å². The van der Waals surface area contributed by atoms with Gasteiger partial charge in [-0.15, -0.1) is 0 Å². The zero-order chi connectivity index (χ0) is 13.5. The van der Waals surface area contributed by atoms with Crippen molar-refractivity contribution in [1.82, 2.24) is 9.97 Å². The third-order valence-electron chi connectivity index (χ3n) is 3.67. The Morgan fingerprint density at radius 3 is 2.30 bits per heavy atom. The van der Waals surface area contributed by atoms with E-state index in [1.54, 1.807) is 0 Å². The molecule has 0 saturated carbocycles. The van der Waals surface area contributed by atoms with Crippen LogP contribution in [0.2, 0.25) is 0 Å². The van der Waals surface area contributed by atoms with Gasteiger partial charge in [0, 0.05) is 29.4 Å². The Balaban J connectivity index is 2.30. The molecule has 0 spiro atoms. The summed E-state index contributed by atoms with van der Waals surface area (Å²) in [6, 6.07) is 16.3. The maximum absolute atomic E-state index is 4.83. The van der Waals surface area contributed by atoms with E-state index in [2.05, 4.69) is 22.4 Å². The molecule has 0 aliphatic heterocycles. The van der Waals surface area contributed by atoms with Crippen molar-refractivity contribution < 1.29 is 0 Å². The van der Waals surface area contributed by atoms with Crippen molar-refractivity contribution in [2.75, 3.05) is 12.4 Å². The quantitative estimate of drug-likeness (QED) is 0.415. The molecule has 2 heterocycles. The lowest BCUT2D eigenvalue weighted by molar-refractivity contribution is 1.41. The number of fused-ring (bicyclic) bond motifs is 4. The molecule has 0 amide bonds. The molecule has 1 N–H and O–H groups in total. The van der Waals surface area contributed by atoms with Crippen molar-refractivity contribution in [3.05, 3.63) is 54.7 Å². The van der Waals surface area contributed by atoms with E-state index < -0.39 is 0 Å². The molecular weight excluding hydrogens is 246 g/mol. The molecule has 0 atom stereocenters. The predicted molar refractivity (Wildman–Crippen MR) is 84.1 cm³/mol. The topological polar surface area (TPSA) is 37.8 Å². The van der Waals surface area contributed by atoms with Gasteiger partial charge in [-0.05, 0) is 12.1 Å². The summed E-state index contributed by atoms with van der Waals surface area (Å²) < 4.78 is 0. The summed E-state index contributed by atoms with van der Waals surface area (Å²) in [6.07, 6.45) is 1.91. The zero-order valence-electron chi connectivity index (χ0n) is 11.1. The summed E-state index contributed by atoms with van der Waals surface area (Å²) in [4.78, 5) is 9.38. The Hall–Kier alpha value is -2.68. The highest BCUT2D eigenvalue weighted by Crippen LogP contribution is 2.32. The van der Waals surface area contributed by atoms with Crippen molar-refractivity contribution in [1.29, 1.82) is 0 Å². The smallest absolute Gasteiger partial charge is 0.0840 e. The predicted octanol–water partition coefficient (Wildman–Crippen LogP) is 3.98. The number of anilines is 1. The molecule has 0 bridgehead atoms. The van der Waals surface area contributed by atoms with Crippen LogP contribution in [0, 0.1) is 0 Å². The molecule has 0 saturated heterocycles. The van der Waals surface area contributed by atoms with Crippen molar-refractivity contribution in [3.63, 3.8) is 0 Å². The Morgan fingerprint density at radius 2 is 1.50 bits per heavy atom. The SMILES string of the molecule is CNc1c2ccccc2nc2c1cnc1ccccc12. The van der Waals surface area contributed by atoms with Gasteiger partial charge >= 0.3 is 0 Å². The van der Waals surface area contributed by atoms with Gasteiger partial charge in [-0.3, -0.25) is 4.98 Å². The Bertz CT molecular complexity index is 944. The standard InChI is InChI=1S/C17H13N3/c1-18-16-12-7-3-5-9-15(12)20-17-11-6-2-4-8-14(11)19-10-13(16)17/h2-10H,1H3,(H,18,20). The van der Waals surface area contributed by atoms with Crippen molar-refractivity contribution in [2.24, 2.45) is 0 Å². The van der Waals surface area contributed by atoms with Gasteiger partial charge in [-0.2, -0.15) is 0 Å². The Labute approximate surface area is 116 Å². The number of pyridine rings is 2. The molecule has 96 valence electrons. The molecule has 3 nitrogen and oxygen atoms in total. The van der Waals surface area contributed by atoms with Crippen molar-refractivity contribution in [2.45, 2.75) is 0 Å². The number of aromatic nitrogens is 2. The third kappa shape index (κ3) is 1.46. The molecule has 0 unspecified atom stereocenters. The van der Waals surface area contributed by atoms with Crippen LogP contribution in [0.5, 0.6) is 0 Å². The van der Waals surface area contributed by atoms with Gasteiger partial charge in [0.25, 0.3) is 0 Å². The number of nitrogens with one attached hydrogen (secondary N) is 1. The minimum absolute atomic E-state index is 0.977. The number of nitrogens with zero attached hydrogens (tertiary/aromatic N) is 2. The molecule has 0 aliphatic rings. The number of rotatable bonds is 1. The van der Waals surface area contributed by atoms with E-state index in [0.29, 0.717) is 0 Å². The number of para-hydroxylation sites is 2. The van der Waals surface area contributed by atoms with E-state index in [9.17, 15) is 0 Å². The zero-order valence-corrected chi connectivity index (χ0v) is 11.1. The lowest BCUT2D eigenvalue weighted by atomic mass is 10.1. The van der Waals surface area contributed by atoms with Crippen molar-refractivity contribution in [3.8, 4) is 0 Å². The lowest BCUT2D eigenvalue weighted by Gasteiger charge is -2.11. The summed E-state index contributed by atoms with van der Waals surface area (Å²) in [7, 11) is 1.94. The number of hydrogen-bond acceptors (Lipinski definition) is 3. The van der Waals surface area contributed by atoms with E-state index >= 15 is 0 Å². The van der Waals surface area contributed by atoms with E-state index in [-0.39, 0.29) is 0 Å². The molecule has 2 aromatic carbocycles. The van der Waals surface area contributed by atoms with Gasteiger partial charge in [-0.1, -0.05) is 36.4 Å². The van der Waals surface area contributed by atoms with Crippen LogP contribution in [0.1, 0.15) is 0 Å². The van der Waals surface area contributed by atoms with E-state index in [1.807, 2.05) is 49.6 Å². The number of hydrogen-bond donors (Lipinski definition) is 1. The summed E-state index contributed by atoms with van der Waals surface area (Å²) in [5, 5.41) is 6.57. The highest BCUT2D eigenvalue weighted by atomic mass is 14.9. The summed E-state index contributed by atoms with van der Waals surface area (Å²) in [6.45, 7) is 0. The second-order valence-corrected chi connectivity index (χ2v) is 4.79. The first kappa shape index (κ1) is 11.2.